The fraction of sp³-hybridized carbons (Fsp3) is 0.333. The molecule has 0 amide bonds. The fourth-order valence-corrected chi connectivity index (χ4v) is 4.39. The summed E-state index contributed by atoms with van der Waals surface area (Å²) in [5.41, 5.74) is 3.76. The largest absolute Gasteiger partial charge is 0.355 e. The van der Waals surface area contributed by atoms with Gasteiger partial charge in [-0.15, -0.1) is 5.10 Å². The number of hydrogen-bond donors (Lipinski definition) is 0. The SMILES string of the molecule is Cc1ccc(N2CCC3(CC2)CN(c2ncccn2)c2ccccc23)nn1. The predicted molar refractivity (Wildman–Crippen MR) is 105 cm³/mol. The molecular weight excluding hydrogens is 336 g/mol. The lowest BCUT2D eigenvalue weighted by Crippen LogP contribution is -2.45. The molecule has 1 aromatic carbocycles. The highest BCUT2D eigenvalue weighted by molar-refractivity contribution is 5.69. The van der Waals surface area contributed by atoms with Crippen molar-refractivity contribution in [1.29, 1.82) is 0 Å². The minimum absolute atomic E-state index is 0.143. The Labute approximate surface area is 158 Å². The van der Waals surface area contributed by atoms with Crippen LogP contribution in [0.2, 0.25) is 0 Å². The topological polar surface area (TPSA) is 58.0 Å². The summed E-state index contributed by atoms with van der Waals surface area (Å²) in [5, 5.41) is 8.58. The van der Waals surface area contributed by atoms with Gasteiger partial charge in [0.2, 0.25) is 5.95 Å². The zero-order valence-electron chi connectivity index (χ0n) is 15.4. The van der Waals surface area contributed by atoms with Crippen LogP contribution in [-0.2, 0) is 5.41 Å². The molecule has 1 spiro atoms. The lowest BCUT2D eigenvalue weighted by molar-refractivity contribution is 0.353. The van der Waals surface area contributed by atoms with Crippen LogP contribution in [-0.4, -0.2) is 39.8 Å². The van der Waals surface area contributed by atoms with Crippen LogP contribution in [0.4, 0.5) is 17.5 Å². The van der Waals surface area contributed by atoms with Crippen molar-refractivity contribution in [2.45, 2.75) is 25.2 Å². The van der Waals surface area contributed by atoms with E-state index in [1.807, 2.05) is 31.5 Å². The molecule has 136 valence electrons. The molecule has 0 N–H and O–H groups in total. The molecule has 27 heavy (non-hydrogen) atoms. The molecule has 1 fully saturated rings. The Morgan fingerprint density at radius 3 is 2.41 bits per heavy atom. The highest BCUT2D eigenvalue weighted by atomic mass is 15.3. The molecule has 0 saturated carbocycles. The van der Waals surface area contributed by atoms with Crippen molar-refractivity contribution >= 4 is 17.5 Å². The van der Waals surface area contributed by atoms with Gasteiger partial charge in [0.15, 0.2) is 5.82 Å². The average molecular weight is 358 g/mol. The predicted octanol–water partition coefficient (Wildman–Crippen LogP) is 3.26. The first-order chi connectivity index (χ1) is 13.3. The first-order valence-corrected chi connectivity index (χ1v) is 9.45. The van der Waals surface area contributed by atoms with E-state index in [-0.39, 0.29) is 5.41 Å². The number of fused-ring (bicyclic) bond motifs is 2. The fourth-order valence-electron chi connectivity index (χ4n) is 4.39. The molecule has 2 aromatic heterocycles. The number of para-hydroxylation sites is 1. The average Bonchev–Trinajstić information content (AvgIpc) is 3.05. The molecule has 0 aliphatic carbocycles. The summed E-state index contributed by atoms with van der Waals surface area (Å²) in [6.07, 6.45) is 5.80. The van der Waals surface area contributed by atoms with Crippen molar-refractivity contribution in [3.8, 4) is 0 Å². The maximum Gasteiger partial charge on any atom is 0.229 e. The summed E-state index contributed by atoms with van der Waals surface area (Å²) in [6, 6.07) is 14.7. The number of nitrogens with zero attached hydrogens (tertiary/aromatic N) is 6. The van der Waals surface area contributed by atoms with Gasteiger partial charge < -0.3 is 9.80 Å². The standard InChI is InChI=1S/C21H22N6/c1-16-7-8-19(25-24-16)26-13-9-21(10-14-26)15-27(20-22-11-4-12-23-20)18-6-3-2-5-17(18)21/h2-8,11-12H,9-10,13-15H2,1H3. The lowest BCUT2D eigenvalue weighted by atomic mass is 9.74. The van der Waals surface area contributed by atoms with Gasteiger partial charge in [0, 0.05) is 43.1 Å². The third kappa shape index (κ3) is 2.72. The van der Waals surface area contributed by atoms with Crippen molar-refractivity contribution < 1.29 is 0 Å². The Morgan fingerprint density at radius 1 is 0.889 bits per heavy atom. The number of rotatable bonds is 2. The molecule has 2 aliphatic heterocycles. The van der Waals surface area contributed by atoms with Crippen LogP contribution in [0.1, 0.15) is 24.1 Å². The van der Waals surface area contributed by atoms with Crippen molar-refractivity contribution in [3.05, 3.63) is 66.1 Å². The molecule has 5 rings (SSSR count). The first-order valence-electron chi connectivity index (χ1n) is 9.45. The first kappa shape index (κ1) is 16.2. The lowest BCUT2D eigenvalue weighted by Gasteiger charge is -2.40. The van der Waals surface area contributed by atoms with E-state index in [1.165, 1.54) is 11.3 Å². The molecule has 0 unspecified atom stereocenters. The van der Waals surface area contributed by atoms with Crippen LogP contribution in [0.5, 0.6) is 0 Å². The Kier molecular flexibility index (Phi) is 3.77. The summed E-state index contributed by atoms with van der Waals surface area (Å²) >= 11 is 0. The minimum atomic E-state index is 0.143. The summed E-state index contributed by atoms with van der Waals surface area (Å²) < 4.78 is 0. The van der Waals surface area contributed by atoms with Gasteiger partial charge >= 0.3 is 0 Å². The third-order valence-corrected chi connectivity index (χ3v) is 5.85. The molecule has 0 radical (unpaired) electrons. The zero-order chi connectivity index (χ0) is 18.3. The molecule has 0 atom stereocenters. The zero-order valence-corrected chi connectivity index (χ0v) is 15.4. The monoisotopic (exact) mass is 358 g/mol. The Morgan fingerprint density at radius 2 is 1.67 bits per heavy atom. The van der Waals surface area contributed by atoms with Crippen molar-refractivity contribution in [2.24, 2.45) is 0 Å². The molecule has 3 aromatic rings. The highest BCUT2D eigenvalue weighted by Crippen LogP contribution is 2.48. The number of hydrogen-bond acceptors (Lipinski definition) is 6. The van der Waals surface area contributed by atoms with E-state index in [9.17, 15) is 0 Å². The number of anilines is 3. The van der Waals surface area contributed by atoms with Crippen LogP contribution in [0.3, 0.4) is 0 Å². The molecule has 2 aliphatic rings. The van der Waals surface area contributed by atoms with Gasteiger partial charge in [-0.25, -0.2) is 9.97 Å². The Balaban J connectivity index is 1.43. The Bertz CT molecular complexity index is 932. The second-order valence-corrected chi connectivity index (χ2v) is 7.45. The maximum atomic E-state index is 4.49. The van der Waals surface area contributed by atoms with Gasteiger partial charge in [-0.05, 0) is 49.6 Å². The summed E-state index contributed by atoms with van der Waals surface area (Å²) in [4.78, 5) is 13.6. The number of benzene rings is 1. The Hall–Kier alpha value is -3.02. The number of aryl methyl sites for hydroxylation is 1. The summed E-state index contributed by atoms with van der Waals surface area (Å²) in [7, 11) is 0. The summed E-state index contributed by atoms with van der Waals surface area (Å²) in [6.45, 7) is 4.87. The van der Waals surface area contributed by atoms with E-state index < -0.39 is 0 Å². The van der Waals surface area contributed by atoms with Gasteiger partial charge in [0.1, 0.15) is 0 Å². The molecule has 0 bridgehead atoms. The van der Waals surface area contributed by atoms with E-state index in [4.69, 9.17) is 0 Å². The van der Waals surface area contributed by atoms with E-state index in [1.54, 1.807) is 0 Å². The normalized spacial score (nSPS) is 18.0. The van der Waals surface area contributed by atoms with Crippen LogP contribution in [0.25, 0.3) is 0 Å². The van der Waals surface area contributed by atoms with E-state index in [0.29, 0.717) is 0 Å². The molecule has 4 heterocycles. The van der Waals surface area contributed by atoms with E-state index in [2.05, 4.69) is 60.3 Å². The number of aromatic nitrogens is 4. The molecule has 6 heteroatoms. The van der Waals surface area contributed by atoms with Gasteiger partial charge in [-0.3, -0.25) is 0 Å². The van der Waals surface area contributed by atoms with Gasteiger partial charge in [-0.2, -0.15) is 5.10 Å². The van der Waals surface area contributed by atoms with Gasteiger partial charge in [0.05, 0.1) is 5.69 Å². The van der Waals surface area contributed by atoms with E-state index >= 15 is 0 Å². The molecule has 6 nitrogen and oxygen atoms in total. The molecule has 1 saturated heterocycles. The van der Waals surface area contributed by atoms with Gasteiger partial charge in [-0.1, -0.05) is 18.2 Å². The highest BCUT2D eigenvalue weighted by Gasteiger charge is 2.45. The van der Waals surface area contributed by atoms with E-state index in [0.717, 1.165) is 49.9 Å². The van der Waals surface area contributed by atoms with Crippen molar-refractivity contribution in [3.63, 3.8) is 0 Å². The van der Waals surface area contributed by atoms with Gasteiger partial charge in [0.25, 0.3) is 0 Å². The van der Waals surface area contributed by atoms with Crippen LogP contribution >= 0.6 is 0 Å². The van der Waals surface area contributed by atoms with Crippen molar-refractivity contribution in [2.75, 3.05) is 29.4 Å². The van der Waals surface area contributed by atoms with Crippen LogP contribution in [0, 0.1) is 6.92 Å². The smallest absolute Gasteiger partial charge is 0.229 e. The maximum absolute atomic E-state index is 4.49. The summed E-state index contributed by atoms with van der Waals surface area (Å²) in [5.74, 6) is 1.76. The van der Waals surface area contributed by atoms with Crippen molar-refractivity contribution in [1.82, 2.24) is 20.2 Å². The second kappa shape index (κ2) is 6.30. The second-order valence-electron chi connectivity index (χ2n) is 7.45. The quantitative estimate of drug-likeness (QED) is 0.701. The van der Waals surface area contributed by atoms with Crippen LogP contribution in [0.15, 0.2) is 54.9 Å². The molecular formula is C21H22N6. The minimum Gasteiger partial charge on any atom is -0.355 e. The third-order valence-electron chi connectivity index (χ3n) is 5.85. The number of piperidine rings is 1. The van der Waals surface area contributed by atoms with Crippen LogP contribution < -0.4 is 9.80 Å².